The summed E-state index contributed by atoms with van der Waals surface area (Å²) in [7, 11) is 0. The Kier molecular flexibility index (Phi) is 7.15. The van der Waals surface area contributed by atoms with Crippen LogP contribution in [0.4, 0.5) is 17.2 Å². The third kappa shape index (κ3) is 6.20. The number of nitrogens with one attached hydrogen (secondary N) is 2. The number of ether oxygens (including phenoxy) is 1. The van der Waals surface area contributed by atoms with Gasteiger partial charge in [0.25, 0.3) is 5.91 Å². The topological polar surface area (TPSA) is 101 Å². The Morgan fingerprint density at radius 2 is 1.50 bits per heavy atom. The number of carbonyl (C=O) groups is 2. The summed E-state index contributed by atoms with van der Waals surface area (Å²) in [6.07, 6.45) is 0.930. The fourth-order valence-electron chi connectivity index (χ4n) is 3.33. The average molecular weight is 453 g/mol. The van der Waals surface area contributed by atoms with E-state index in [9.17, 15) is 14.7 Å². The Balaban J connectivity index is 1.37. The monoisotopic (exact) mass is 453 g/mol. The lowest BCUT2D eigenvalue weighted by atomic mass is 10.1. The molecule has 4 aromatic rings. The van der Waals surface area contributed by atoms with Gasteiger partial charge in [-0.25, -0.2) is 4.98 Å². The largest absolute Gasteiger partial charge is 0.485 e. The summed E-state index contributed by atoms with van der Waals surface area (Å²) in [6.45, 7) is 0. The summed E-state index contributed by atoms with van der Waals surface area (Å²) in [5.74, 6) is 0.0444. The Bertz CT molecular complexity index is 1230. The predicted octanol–water partition coefficient (Wildman–Crippen LogP) is 5.67. The first-order valence-electron chi connectivity index (χ1n) is 10.7. The second kappa shape index (κ2) is 10.8. The first-order chi connectivity index (χ1) is 16.6. The molecule has 0 aliphatic rings. The van der Waals surface area contributed by atoms with E-state index in [4.69, 9.17) is 4.74 Å². The number of aliphatic carboxylic acids is 1. The van der Waals surface area contributed by atoms with Crippen molar-refractivity contribution < 1.29 is 19.4 Å². The Labute approximate surface area is 197 Å². The highest BCUT2D eigenvalue weighted by Crippen LogP contribution is 2.26. The second-order valence-electron chi connectivity index (χ2n) is 7.51. The number of pyridine rings is 1. The minimum Gasteiger partial charge on any atom is -0.485 e. The van der Waals surface area contributed by atoms with Crippen LogP contribution in [0.5, 0.6) is 5.75 Å². The fourth-order valence-corrected chi connectivity index (χ4v) is 3.33. The molecule has 0 aliphatic carbocycles. The molecule has 1 amide bonds. The number of hydrogen-bond acceptors (Lipinski definition) is 5. The lowest BCUT2D eigenvalue weighted by molar-refractivity contribution is -0.138. The van der Waals surface area contributed by atoms with Gasteiger partial charge in [-0.15, -0.1) is 0 Å². The molecule has 3 aromatic carbocycles. The van der Waals surface area contributed by atoms with Crippen molar-refractivity contribution >= 4 is 29.1 Å². The maximum absolute atomic E-state index is 12.6. The first kappa shape index (κ1) is 22.5. The number of carboxylic acids is 1. The summed E-state index contributed by atoms with van der Waals surface area (Å²) >= 11 is 0. The van der Waals surface area contributed by atoms with Gasteiger partial charge in [-0.1, -0.05) is 36.4 Å². The molecule has 0 aliphatic heterocycles. The summed E-state index contributed by atoms with van der Waals surface area (Å²) < 4.78 is 5.91. The van der Waals surface area contributed by atoms with Crippen LogP contribution in [0.25, 0.3) is 0 Å². The van der Waals surface area contributed by atoms with Crippen LogP contribution in [0.1, 0.15) is 28.4 Å². The van der Waals surface area contributed by atoms with Gasteiger partial charge in [-0.2, -0.15) is 0 Å². The van der Waals surface area contributed by atoms with Crippen LogP contribution in [0.15, 0.2) is 103 Å². The quantitative estimate of drug-likeness (QED) is 0.302. The van der Waals surface area contributed by atoms with Crippen molar-refractivity contribution in [1.29, 1.82) is 0 Å². The lowest BCUT2D eigenvalue weighted by Crippen LogP contribution is -2.13. The number of carbonyl (C=O) groups excluding carboxylic acids is 1. The number of aromatic nitrogens is 1. The smallest absolute Gasteiger partial charge is 0.307 e. The molecular formula is C27H23N3O4. The van der Waals surface area contributed by atoms with E-state index >= 15 is 0 Å². The van der Waals surface area contributed by atoms with Crippen LogP contribution < -0.4 is 15.4 Å². The number of amides is 1. The summed E-state index contributed by atoms with van der Waals surface area (Å²) in [5.41, 5.74) is 2.72. The van der Waals surface area contributed by atoms with Crippen LogP contribution in [-0.4, -0.2) is 22.0 Å². The minimum absolute atomic E-state index is 0.159. The van der Waals surface area contributed by atoms with Gasteiger partial charge in [0.2, 0.25) is 0 Å². The normalized spacial score (nSPS) is 11.3. The summed E-state index contributed by atoms with van der Waals surface area (Å²) in [5, 5.41) is 15.3. The van der Waals surface area contributed by atoms with Crippen molar-refractivity contribution in [3.05, 3.63) is 114 Å². The Hall–Kier alpha value is -4.65. The predicted molar refractivity (Wildman–Crippen MR) is 130 cm³/mol. The molecule has 1 atom stereocenters. The van der Waals surface area contributed by atoms with E-state index < -0.39 is 12.1 Å². The van der Waals surface area contributed by atoms with E-state index in [2.05, 4.69) is 15.6 Å². The van der Waals surface area contributed by atoms with Gasteiger partial charge in [0.15, 0.2) is 0 Å². The van der Waals surface area contributed by atoms with Crippen molar-refractivity contribution in [3.63, 3.8) is 0 Å². The first-order valence-corrected chi connectivity index (χ1v) is 10.7. The van der Waals surface area contributed by atoms with Crippen molar-refractivity contribution in [2.45, 2.75) is 12.5 Å². The van der Waals surface area contributed by atoms with Gasteiger partial charge in [-0.05, 0) is 66.2 Å². The number of hydrogen-bond donors (Lipinski definition) is 3. The molecule has 0 spiro atoms. The molecule has 3 N–H and O–H groups in total. The van der Waals surface area contributed by atoms with Gasteiger partial charge in [0, 0.05) is 23.1 Å². The zero-order valence-electron chi connectivity index (χ0n) is 18.2. The van der Waals surface area contributed by atoms with Gasteiger partial charge >= 0.3 is 5.97 Å². The highest BCUT2D eigenvalue weighted by atomic mass is 16.5. The molecule has 0 bridgehead atoms. The zero-order valence-corrected chi connectivity index (χ0v) is 18.2. The van der Waals surface area contributed by atoms with Gasteiger partial charge in [-0.3, -0.25) is 9.59 Å². The highest BCUT2D eigenvalue weighted by Gasteiger charge is 2.17. The number of anilines is 3. The Morgan fingerprint density at radius 3 is 2.15 bits per heavy atom. The van der Waals surface area contributed by atoms with E-state index in [0.29, 0.717) is 17.0 Å². The molecule has 0 radical (unpaired) electrons. The van der Waals surface area contributed by atoms with E-state index in [1.807, 2.05) is 60.7 Å². The molecule has 4 rings (SSSR count). The lowest BCUT2D eigenvalue weighted by Gasteiger charge is -2.18. The summed E-state index contributed by atoms with van der Waals surface area (Å²) in [4.78, 5) is 28.1. The average Bonchev–Trinajstić information content (AvgIpc) is 2.86. The third-order valence-corrected chi connectivity index (χ3v) is 5.01. The van der Waals surface area contributed by atoms with Gasteiger partial charge in [0.05, 0.1) is 6.42 Å². The van der Waals surface area contributed by atoms with E-state index in [1.54, 1.807) is 42.6 Å². The van der Waals surface area contributed by atoms with Crippen molar-refractivity contribution in [3.8, 4) is 5.75 Å². The van der Waals surface area contributed by atoms with Crippen LogP contribution in [-0.2, 0) is 4.79 Å². The molecule has 0 fully saturated rings. The molecule has 0 saturated carbocycles. The number of carboxylic acid groups (broad SMARTS) is 1. The maximum Gasteiger partial charge on any atom is 0.307 e. The zero-order chi connectivity index (χ0) is 23.8. The van der Waals surface area contributed by atoms with Crippen LogP contribution in [0.3, 0.4) is 0 Å². The second-order valence-corrected chi connectivity index (χ2v) is 7.51. The minimum atomic E-state index is -0.945. The SMILES string of the molecule is O=C(O)CC(Oc1ccc(NC(=O)c2ccc(Nc3ccccn3)cc2)cc1)c1ccccc1. The molecule has 1 unspecified atom stereocenters. The van der Waals surface area contributed by atoms with Gasteiger partial charge < -0.3 is 20.5 Å². The van der Waals surface area contributed by atoms with Crippen LogP contribution >= 0.6 is 0 Å². The third-order valence-electron chi connectivity index (χ3n) is 5.01. The van der Waals surface area contributed by atoms with E-state index in [0.717, 1.165) is 17.1 Å². The van der Waals surface area contributed by atoms with Crippen molar-refractivity contribution in [1.82, 2.24) is 4.98 Å². The Morgan fingerprint density at radius 1 is 0.824 bits per heavy atom. The van der Waals surface area contributed by atoms with Crippen LogP contribution in [0, 0.1) is 0 Å². The number of nitrogens with zero attached hydrogens (tertiary/aromatic N) is 1. The highest BCUT2D eigenvalue weighted by molar-refractivity contribution is 6.04. The molecule has 7 heteroatoms. The molecule has 0 saturated heterocycles. The number of rotatable bonds is 9. The maximum atomic E-state index is 12.6. The molecule has 7 nitrogen and oxygen atoms in total. The van der Waals surface area contributed by atoms with E-state index in [1.165, 1.54) is 0 Å². The molecule has 34 heavy (non-hydrogen) atoms. The number of benzene rings is 3. The van der Waals surface area contributed by atoms with Crippen LogP contribution in [0.2, 0.25) is 0 Å². The molecule has 1 aromatic heterocycles. The molecule has 170 valence electrons. The summed E-state index contributed by atoms with van der Waals surface area (Å²) in [6, 6.07) is 28.7. The van der Waals surface area contributed by atoms with E-state index in [-0.39, 0.29) is 12.3 Å². The fraction of sp³-hybridized carbons (Fsp3) is 0.0741. The van der Waals surface area contributed by atoms with Crippen molar-refractivity contribution in [2.75, 3.05) is 10.6 Å². The standard InChI is InChI=1S/C27H23N3O4/c31-26(32)18-24(19-6-2-1-3-7-19)34-23-15-13-22(14-16-23)30-27(33)20-9-11-21(12-10-20)29-25-8-4-5-17-28-25/h1-17,24H,18H2,(H,28,29)(H,30,33)(H,31,32). The van der Waals surface area contributed by atoms with Gasteiger partial charge in [0.1, 0.15) is 17.7 Å². The van der Waals surface area contributed by atoms with Crippen molar-refractivity contribution in [2.24, 2.45) is 0 Å². The molecular weight excluding hydrogens is 430 g/mol. The molecule has 1 heterocycles.